The van der Waals surface area contributed by atoms with E-state index < -0.39 is 17.6 Å². The van der Waals surface area contributed by atoms with Gasteiger partial charge < -0.3 is 15.4 Å². The molecule has 4 nitrogen and oxygen atoms in total. The van der Waals surface area contributed by atoms with E-state index in [1.165, 1.54) is 6.07 Å². The minimum Gasteiger partial charge on any atom is -0.392 e. The number of primary amides is 1. The molecule has 148 valence electrons. The Morgan fingerprint density at radius 1 is 0.966 bits per heavy atom. The third-order valence-corrected chi connectivity index (χ3v) is 5.00. The zero-order valence-corrected chi connectivity index (χ0v) is 15.2. The van der Waals surface area contributed by atoms with Gasteiger partial charge in [-0.25, -0.2) is 0 Å². The van der Waals surface area contributed by atoms with E-state index in [1.54, 1.807) is 42.5 Å². The molecule has 0 bridgehead atoms. The van der Waals surface area contributed by atoms with Gasteiger partial charge in [-0.2, -0.15) is 13.2 Å². The van der Waals surface area contributed by atoms with Crippen molar-refractivity contribution in [2.75, 3.05) is 0 Å². The van der Waals surface area contributed by atoms with Gasteiger partial charge in [0.2, 0.25) is 5.91 Å². The Morgan fingerprint density at radius 3 is 2.41 bits per heavy atom. The molecular weight excluding hydrogens is 381 g/mol. The van der Waals surface area contributed by atoms with Crippen molar-refractivity contribution in [3.05, 3.63) is 82.9 Å². The zero-order valence-electron chi connectivity index (χ0n) is 15.2. The van der Waals surface area contributed by atoms with Gasteiger partial charge in [-0.05, 0) is 41.5 Å². The minimum atomic E-state index is -4.43. The number of amides is 1. The molecule has 0 unspecified atom stereocenters. The highest BCUT2D eigenvalue weighted by Crippen LogP contribution is 2.34. The maximum atomic E-state index is 13.1. The van der Waals surface area contributed by atoms with E-state index in [9.17, 15) is 23.1 Å². The summed E-state index contributed by atoms with van der Waals surface area (Å²) in [6, 6.07) is 15.6. The highest BCUT2D eigenvalue weighted by Gasteiger charge is 2.30. The maximum Gasteiger partial charge on any atom is 0.416 e. The number of aliphatic hydroxyl groups excluding tert-OH is 1. The molecule has 0 aliphatic rings. The molecule has 0 spiro atoms. The van der Waals surface area contributed by atoms with Gasteiger partial charge in [-0.3, -0.25) is 4.79 Å². The van der Waals surface area contributed by atoms with E-state index in [0.717, 1.165) is 17.5 Å². The Hall–Kier alpha value is -3.32. The van der Waals surface area contributed by atoms with E-state index in [1.807, 2.05) is 4.57 Å². The zero-order chi connectivity index (χ0) is 20.8. The van der Waals surface area contributed by atoms with Gasteiger partial charge in [-0.15, -0.1) is 0 Å². The van der Waals surface area contributed by atoms with E-state index in [4.69, 9.17) is 5.73 Å². The molecule has 0 aliphatic heterocycles. The Labute approximate surface area is 164 Å². The van der Waals surface area contributed by atoms with E-state index >= 15 is 0 Å². The summed E-state index contributed by atoms with van der Waals surface area (Å²) in [5, 5.41) is 10.9. The fourth-order valence-electron chi connectivity index (χ4n) is 3.69. The number of nitrogens with two attached hydrogens (primary N) is 1. The van der Waals surface area contributed by atoms with Crippen molar-refractivity contribution in [2.45, 2.75) is 19.3 Å². The monoisotopic (exact) mass is 398 g/mol. The van der Waals surface area contributed by atoms with Crippen LogP contribution >= 0.6 is 0 Å². The maximum absolute atomic E-state index is 13.1. The van der Waals surface area contributed by atoms with Crippen molar-refractivity contribution in [1.82, 2.24) is 4.57 Å². The third kappa shape index (κ3) is 3.34. The van der Waals surface area contributed by atoms with Crippen LogP contribution in [-0.2, 0) is 19.3 Å². The van der Waals surface area contributed by atoms with Gasteiger partial charge in [-0.1, -0.05) is 30.3 Å². The first-order valence-electron chi connectivity index (χ1n) is 8.90. The molecule has 0 atom stereocenters. The smallest absolute Gasteiger partial charge is 0.392 e. The number of aromatic nitrogens is 1. The largest absolute Gasteiger partial charge is 0.416 e. The van der Waals surface area contributed by atoms with Gasteiger partial charge in [0.05, 0.1) is 17.7 Å². The average molecular weight is 398 g/mol. The molecule has 7 heteroatoms. The van der Waals surface area contributed by atoms with Crippen LogP contribution in [0.1, 0.15) is 27.0 Å². The molecule has 0 saturated heterocycles. The molecule has 3 aromatic carbocycles. The van der Waals surface area contributed by atoms with E-state index in [2.05, 4.69) is 0 Å². The number of rotatable bonds is 4. The molecule has 3 N–H and O–H groups in total. The number of carbonyl (C=O) groups excluding carboxylic acids is 1. The molecule has 0 radical (unpaired) electrons. The van der Waals surface area contributed by atoms with Crippen molar-refractivity contribution in [3.63, 3.8) is 0 Å². The first-order valence-corrected chi connectivity index (χ1v) is 8.90. The lowest BCUT2D eigenvalue weighted by atomic mass is 10.0. The normalized spacial score (nSPS) is 12.0. The van der Waals surface area contributed by atoms with Crippen LogP contribution in [0.25, 0.3) is 21.8 Å². The molecular formula is C22H17F3N2O2. The fraction of sp³-hybridized carbons (Fsp3) is 0.136. The van der Waals surface area contributed by atoms with E-state index in [0.29, 0.717) is 33.1 Å². The molecule has 1 aromatic heterocycles. The lowest BCUT2D eigenvalue weighted by Gasteiger charge is -2.11. The number of hydrogen-bond acceptors (Lipinski definition) is 2. The van der Waals surface area contributed by atoms with Crippen molar-refractivity contribution >= 4 is 27.7 Å². The summed E-state index contributed by atoms with van der Waals surface area (Å²) in [6.45, 7) is -0.00921. The van der Waals surface area contributed by atoms with Crippen LogP contribution < -0.4 is 5.73 Å². The Kier molecular flexibility index (Phi) is 4.55. The lowest BCUT2D eigenvalue weighted by Crippen LogP contribution is -2.11. The second-order valence-electron chi connectivity index (χ2n) is 6.86. The van der Waals surface area contributed by atoms with Gasteiger partial charge in [0, 0.05) is 28.4 Å². The summed E-state index contributed by atoms with van der Waals surface area (Å²) >= 11 is 0. The van der Waals surface area contributed by atoms with Gasteiger partial charge in [0.25, 0.3) is 0 Å². The molecule has 4 rings (SSSR count). The van der Waals surface area contributed by atoms with Gasteiger partial charge >= 0.3 is 6.18 Å². The first-order chi connectivity index (χ1) is 13.8. The highest BCUT2D eigenvalue weighted by molar-refractivity contribution is 6.17. The number of alkyl halides is 3. The number of fused-ring (bicyclic) bond motifs is 3. The van der Waals surface area contributed by atoms with Crippen molar-refractivity contribution < 1.29 is 23.1 Å². The number of aliphatic hydroxyl groups is 1. The lowest BCUT2D eigenvalue weighted by molar-refractivity contribution is -0.137. The average Bonchev–Trinajstić information content (AvgIpc) is 3.00. The number of halogens is 3. The van der Waals surface area contributed by atoms with Crippen LogP contribution in [0, 0.1) is 0 Å². The van der Waals surface area contributed by atoms with Crippen LogP contribution in [0.4, 0.5) is 13.2 Å². The Morgan fingerprint density at radius 2 is 1.72 bits per heavy atom. The second kappa shape index (κ2) is 6.93. The quantitative estimate of drug-likeness (QED) is 0.533. The molecule has 1 heterocycles. The van der Waals surface area contributed by atoms with Crippen LogP contribution in [0.5, 0.6) is 0 Å². The Bertz CT molecular complexity index is 1240. The topological polar surface area (TPSA) is 68.2 Å². The number of benzene rings is 3. The molecule has 29 heavy (non-hydrogen) atoms. The standard InChI is InChI=1S/C22H17F3N2O2/c23-22(24,25)15-4-1-3-13(9-15)11-27-18-6-2-5-17(21(26)29)20(18)16-8-7-14(12-28)10-19(16)27/h1-10,28H,11-12H2,(H2,26,29). The van der Waals surface area contributed by atoms with Crippen molar-refractivity contribution in [1.29, 1.82) is 0 Å². The fourth-order valence-corrected chi connectivity index (χ4v) is 3.69. The molecule has 0 saturated carbocycles. The number of hydrogen-bond donors (Lipinski definition) is 2. The van der Waals surface area contributed by atoms with Gasteiger partial charge in [0.15, 0.2) is 0 Å². The molecule has 1 amide bonds. The number of carbonyl (C=O) groups is 1. The predicted octanol–water partition coefficient (Wildman–Crippen LogP) is 4.45. The third-order valence-electron chi connectivity index (χ3n) is 5.00. The summed E-state index contributed by atoms with van der Waals surface area (Å²) in [4.78, 5) is 12.0. The summed E-state index contributed by atoms with van der Waals surface area (Å²) in [6.07, 6.45) is -4.43. The van der Waals surface area contributed by atoms with E-state index in [-0.39, 0.29) is 13.2 Å². The first kappa shape index (κ1) is 19.0. The summed E-state index contributed by atoms with van der Waals surface area (Å²) in [5.41, 5.74) is 7.68. The summed E-state index contributed by atoms with van der Waals surface area (Å²) in [5.74, 6) is -0.583. The predicted molar refractivity (Wildman–Crippen MR) is 104 cm³/mol. The minimum absolute atomic E-state index is 0.168. The van der Waals surface area contributed by atoms with Crippen molar-refractivity contribution in [3.8, 4) is 0 Å². The summed E-state index contributed by atoms with van der Waals surface area (Å²) in [7, 11) is 0. The number of nitrogens with zero attached hydrogens (tertiary/aromatic N) is 1. The van der Waals surface area contributed by atoms with Crippen LogP contribution in [0.3, 0.4) is 0 Å². The van der Waals surface area contributed by atoms with Crippen LogP contribution in [-0.4, -0.2) is 15.6 Å². The SMILES string of the molecule is NC(=O)c1cccc2c1c1ccc(CO)cc1n2Cc1cccc(C(F)(F)F)c1. The summed E-state index contributed by atoms with van der Waals surface area (Å²) < 4.78 is 41.2. The molecule has 4 aromatic rings. The highest BCUT2D eigenvalue weighted by atomic mass is 19.4. The molecule has 0 fully saturated rings. The molecule has 0 aliphatic carbocycles. The van der Waals surface area contributed by atoms with Gasteiger partial charge in [0.1, 0.15) is 0 Å². The van der Waals surface area contributed by atoms with Crippen LogP contribution in [0.15, 0.2) is 60.7 Å². The van der Waals surface area contributed by atoms with Crippen LogP contribution in [0.2, 0.25) is 0 Å². The Balaban J connectivity index is 1.98. The van der Waals surface area contributed by atoms with Crippen molar-refractivity contribution in [2.24, 2.45) is 5.73 Å². The second-order valence-corrected chi connectivity index (χ2v) is 6.86.